The number of carbonyl (C=O) groups excluding carboxylic acids is 1. The standard InChI is InChI=1S/C19H27N5O/c1-13-9-16(23-22-13)17-12-20-15(11-21-17)10-14-5-7-24(8-6-14)18(25)19(2,3)4/h9,11-12,14H,5-8,10H2,1-4H3,(H,22,23). The number of nitrogens with one attached hydrogen (secondary N) is 1. The molecule has 134 valence electrons. The van der Waals surface area contributed by atoms with Crippen LogP contribution in [-0.4, -0.2) is 44.1 Å². The zero-order valence-corrected chi connectivity index (χ0v) is 15.5. The first-order valence-corrected chi connectivity index (χ1v) is 8.95. The van der Waals surface area contributed by atoms with E-state index in [1.807, 2.05) is 44.9 Å². The quantitative estimate of drug-likeness (QED) is 0.931. The van der Waals surface area contributed by atoms with Gasteiger partial charge in [0.15, 0.2) is 0 Å². The van der Waals surface area contributed by atoms with E-state index in [0.29, 0.717) is 5.92 Å². The van der Waals surface area contributed by atoms with Gasteiger partial charge in [-0.15, -0.1) is 0 Å². The number of aryl methyl sites for hydroxylation is 1. The summed E-state index contributed by atoms with van der Waals surface area (Å²) in [5.41, 5.74) is 3.34. The van der Waals surface area contributed by atoms with Gasteiger partial charge in [-0.3, -0.25) is 19.9 Å². The number of aromatic amines is 1. The van der Waals surface area contributed by atoms with E-state index in [0.717, 1.165) is 55.1 Å². The summed E-state index contributed by atoms with van der Waals surface area (Å²) in [4.78, 5) is 23.4. The van der Waals surface area contributed by atoms with Gasteiger partial charge in [-0.1, -0.05) is 20.8 Å². The molecule has 0 atom stereocenters. The second-order valence-electron chi connectivity index (χ2n) is 8.02. The van der Waals surface area contributed by atoms with Crippen LogP contribution in [-0.2, 0) is 11.2 Å². The number of nitrogens with zero attached hydrogens (tertiary/aromatic N) is 4. The first kappa shape index (κ1) is 17.6. The van der Waals surface area contributed by atoms with Crippen molar-refractivity contribution in [3.8, 4) is 11.4 Å². The predicted octanol–water partition coefficient (Wildman–Crippen LogP) is 3.00. The molecule has 1 N–H and O–H groups in total. The van der Waals surface area contributed by atoms with Crippen LogP contribution in [0.1, 0.15) is 45.0 Å². The number of hydrogen-bond donors (Lipinski definition) is 1. The van der Waals surface area contributed by atoms with Gasteiger partial charge >= 0.3 is 0 Å². The van der Waals surface area contributed by atoms with E-state index in [4.69, 9.17) is 0 Å². The van der Waals surface area contributed by atoms with Crippen LogP contribution in [0, 0.1) is 18.3 Å². The van der Waals surface area contributed by atoms with Crippen molar-refractivity contribution in [2.24, 2.45) is 11.3 Å². The maximum Gasteiger partial charge on any atom is 0.227 e. The second-order valence-corrected chi connectivity index (χ2v) is 8.02. The lowest BCUT2D eigenvalue weighted by Gasteiger charge is -2.35. The third kappa shape index (κ3) is 4.24. The second kappa shape index (κ2) is 6.94. The Balaban J connectivity index is 1.55. The van der Waals surface area contributed by atoms with Crippen LogP contribution < -0.4 is 0 Å². The Kier molecular flexibility index (Phi) is 4.88. The number of hydrogen-bond acceptors (Lipinski definition) is 4. The number of likely N-dealkylation sites (tertiary alicyclic amines) is 1. The molecular formula is C19H27N5O. The van der Waals surface area contributed by atoms with E-state index in [-0.39, 0.29) is 11.3 Å². The van der Waals surface area contributed by atoms with Gasteiger partial charge in [-0.05, 0) is 38.2 Å². The molecule has 1 amide bonds. The zero-order valence-electron chi connectivity index (χ0n) is 15.5. The monoisotopic (exact) mass is 341 g/mol. The fourth-order valence-corrected chi connectivity index (χ4v) is 3.25. The molecule has 1 saturated heterocycles. The molecule has 2 aromatic rings. The zero-order chi connectivity index (χ0) is 18.0. The van der Waals surface area contributed by atoms with Gasteiger partial charge < -0.3 is 4.90 Å². The van der Waals surface area contributed by atoms with Crippen LogP contribution >= 0.6 is 0 Å². The summed E-state index contributed by atoms with van der Waals surface area (Å²) in [7, 11) is 0. The minimum Gasteiger partial charge on any atom is -0.342 e. The molecule has 0 aliphatic carbocycles. The van der Waals surface area contributed by atoms with Crippen molar-refractivity contribution >= 4 is 5.91 Å². The van der Waals surface area contributed by atoms with E-state index in [1.54, 1.807) is 6.20 Å². The molecular weight excluding hydrogens is 314 g/mol. The number of amides is 1. The summed E-state index contributed by atoms with van der Waals surface area (Å²) in [5, 5.41) is 7.13. The van der Waals surface area contributed by atoms with E-state index in [2.05, 4.69) is 20.2 Å². The normalized spacial score (nSPS) is 16.2. The number of piperidine rings is 1. The highest BCUT2D eigenvalue weighted by Gasteiger charge is 2.30. The van der Waals surface area contributed by atoms with Crippen molar-refractivity contribution in [2.75, 3.05) is 13.1 Å². The van der Waals surface area contributed by atoms with Gasteiger partial charge in [0.25, 0.3) is 0 Å². The first-order valence-electron chi connectivity index (χ1n) is 8.95. The van der Waals surface area contributed by atoms with E-state index in [1.165, 1.54) is 0 Å². The summed E-state index contributed by atoms with van der Waals surface area (Å²) in [6.45, 7) is 9.62. The lowest BCUT2D eigenvalue weighted by molar-refractivity contribution is -0.140. The third-order valence-corrected chi connectivity index (χ3v) is 4.71. The van der Waals surface area contributed by atoms with Gasteiger partial charge in [0.2, 0.25) is 5.91 Å². The lowest BCUT2D eigenvalue weighted by Crippen LogP contribution is -2.44. The van der Waals surface area contributed by atoms with Crippen molar-refractivity contribution in [3.05, 3.63) is 29.8 Å². The van der Waals surface area contributed by atoms with Crippen LogP contribution in [0.25, 0.3) is 11.4 Å². The molecule has 0 saturated carbocycles. The van der Waals surface area contributed by atoms with Gasteiger partial charge in [-0.2, -0.15) is 5.10 Å². The highest BCUT2D eigenvalue weighted by atomic mass is 16.2. The summed E-state index contributed by atoms with van der Waals surface area (Å²) < 4.78 is 0. The highest BCUT2D eigenvalue weighted by Crippen LogP contribution is 2.25. The molecule has 3 heterocycles. The van der Waals surface area contributed by atoms with Crippen molar-refractivity contribution in [1.82, 2.24) is 25.1 Å². The van der Waals surface area contributed by atoms with Crippen LogP contribution in [0.5, 0.6) is 0 Å². The fraction of sp³-hybridized carbons (Fsp3) is 0.579. The van der Waals surface area contributed by atoms with Crippen molar-refractivity contribution in [2.45, 2.75) is 47.0 Å². The SMILES string of the molecule is Cc1cc(-c2cnc(CC3CCN(C(=O)C(C)(C)C)CC3)cn2)n[nH]1. The molecule has 0 radical (unpaired) electrons. The van der Waals surface area contributed by atoms with Gasteiger partial charge in [0.05, 0.1) is 11.9 Å². The highest BCUT2D eigenvalue weighted by molar-refractivity contribution is 5.81. The van der Waals surface area contributed by atoms with Crippen molar-refractivity contribution in [3.63, 3.8) is 0 Å². The Morgan fingerprint density at radius 2 is 1.92 bits per heavy atom. The summed E-state index contributed by atoms with van der Waals surface area (Å²) in [6.07, 6.45) is 6.63. The topological polar surface area (TPSA) is 74.8 Å². The fourth-order valence-electron chi connectivity index (χ4n) is 3.25. The molecule has 1 fully saturated rings. The third-order valence-electron chi connectivity index (χ3n) is 4.71. The molecule has 6 heteroatoms. The van der Waals surface area contributed by atoms with Crippen LogP contribution in [0.3, 0.4) is 0 Å². The maximum atomic E-state index is 12.4. The molecule has 0 unspecified atom stereocenters. The molecule has 1 aliphatic heterocycles. The molecule has 2 aromatic heterocycles. The molecule has 1 aliphatic rings. The average molecular weight is 341 g/mol. The van der Waals surface area contributed by atoms with Crippen LogP contribution in [0.2, 0.25) is 0 Å². The number of carbonyl (C=O) groups is 1. The molecule has 6 nitrogen and oxygen atoms in total. The van der Waals surface area contributed by atoms with Gasteiger partial charge in [0.1, 0.15) is 11.4 Å². The average Bonchev–Trinajstić information content (AvgIpc) is 3.01. The molecule has 0 spiro atoms. The Bertz CT molecular complexity index is 721. The summed E-state index contributed by atoms with van der Waals surface area (Å²) >= 11 is 0. The Morgan fingerprint density at radius 1 is 1.20 bits per heavy atom. The molecule has 0 aromatic carbocycles. The molecule has 25 heavy (non-hydrogen) atoms. The smallest absolute Gasteiger partial charge is 0.227 e. The molecule has 0 bridgehead atoms. The van der Waals surface area contributed by atoms with Gasteiger partial charge in [0, 0.05) is 30.4 Å². The lowest BCUT2D eigenvalue weighted by atomic mass is 9.89. The minimum absolute atomic E-state index is 0.254. The number of rotatable bonds is 3. The summed E-state index contributed by atoms with van der Waals surface area (Å²) in [6, 6.07) is 1.96. The Labute approximate surface area is 149 Å². The minimum atomic E-state index is -0.293. The van der Waals surface area contributed by atoms with E-state index in [9.17, 15) is 4.79 Å². The Hall–Kier alpha value is -2.24. The largest absolute Gasteiger partial charge is 0.342 e. The number of H-pyrrole nitrogens is 1. The maximum absolute atomic E-state index is 12.4. The molecule has 3 rings (SSSR count). The summed E-state index contributed by atoms with van der Waals surface area (Å²) in [5.74, 6) is 0.821. The van der Waals surface area contributed by atoms with Crippen molar-refractivity contribution < 1.29 is 4.79 Å². The van der Waals surface area contributed by atoms with Crippen LogP contribution in [0.4, 0.5) is 0 Å². The Morgan fingerprint density at radius 3 is 2.44 bits per heavy atom. The van der Waals surface area contributed by atoms with E-state index < -0.39 is 0 Å². The van der Waals surface area contributed by atoms with Crippen molar-refractivity contribution in [1.29, 1.82) is 0 Å². The van der Waals surface area contributed by atoms with Crippen LogP contribution in [0.15, 0.2) is 18.5 Å². The predicted molar refractivity (Wildman–Crippen MR) is 96.8 cm³/mol. The first-order chi connectivity index (χ1) is 11.8. The van der Waals surface area contributed by atoms with Gasteiger partial charge in [-0.25, -0.2) is 0 Å². The van der Waals surface area contributed by atoms with E-state index >= 15 is 0 Å². The number of aromatic nitrogens is 4.